The number of rotatable bonds is 5. The van der Waals surface area contributed by atoms with Crippen molar-refractivity contribution in [3.05, 3.63) is 56.8 Å². The molecule has 0 atom stereocenters. The van der Waals surface area contributed by atoms with Crippen LogP contribution in [0.1, 0.15) is 11.1 Å². The summed E-state index contributed by atoms with van der Waals surface area (Å²) >= 11 is 12.9. The number of ether oxygens (including phenoxy) is 2. The van der Waals surface area contributed by atoms with Gasteiger partial charge in [0, 0.05) is 15.4 Å². The third kappa shape index (κ3) is 4.11. The van der Waals surface area contributed by atoms with E-state index in [4.69, 9.17) is 21.1 Å². The molecule has 0 radical (unpaired) electrons. The van der Waals surface area contributed by atoms with Crippen molar-refractivity contribution in [3.63, 3.8) is 0 Å². The highest BCUT2D eigenvalue weighted by Gasteiger charge is 2.13. The minimum atomic E-state index is -0.328. The number of methoxy groups -OCH3 is 1. The highest BCUT2D eigenvalue weighted by Crippen LogP contribution is 2.37. The molecule has 0 unspecified atom stereocenters. The van der Waals surface area contributed by atoms with E-state index in [0.29, 0.717) is 27.4 Å². The molecule has 0 saturated carbocycles. The van der Waals surface area contributed by atoms with Gasteiger partial charge in [0.05, 0.1) is 12.1 Å². The van der Waals surface area contributed by atoms with Crippen LogP contribution in [0.25, 0.3) is 0 Å². The van der Waals surface area contributed by atoms with Gasteiger partial charge < -0.3 is 9.47 Å². The van der Waals surface area contributed by atoms with Crippen LogP contribution in [0.2, 0.25) is 5.02 Å². The van der Waals surface area contributed by atoms with E-state index in [1.54, 1.807) is 18.2 Å². The lowest BCUT2D eigenvalue weighted by molar-refractivity contribution is 0.279. The molecule has 2 aromatic carbocycles. The second kappa shape index (κ2) is 7.47. The van der Waals surface area contributed by atoms with Crippen molar-refractivity contribution in [2.75, 3.05) is 7.11 Å². The summed E-state index contributed by atoms with van der Waals surface area (Å²) in [5.41, 5.74) is 1.41. The topological polar surface area (TPSA) is 18.5 Å². The van der Waals surface area contributed by atoms with Crippen LogP contribution >= 0.6 is 43.5 Å². The van der Waals surface area contributed by atoms with Crippen molar-refractivity contribution in [2.24, 2.45) is 0 Å². The van der Waals surface area contributed by atoms with E-state index in [1.807, 2.05) is 6.07 Å². The second-order valence-corrected chi connectivity index (χ2v) is 6.15. The largest absolute Gasteiger partial charge is 0.493 e. The minimum absolute atomic E-state index is 0.0645. The Morgan fingerprint density at radius 2 is 2.00 bits per heavy atom. The van der Waals surface area contributed by atoms with Gasteiger partial charge in [0.1, 0.15) is 12.4 Å². The van der Waals surface area contributed by atoms with Crippen LogP contribution < -0.4 is 9.47 Å². The summed E-state index contributed by atoms with van der Waals surface area (Å²) in [6.45, 7) is 0.0645. The van der Waals surface area contributed by atoms with Crippen molar-refractivity contribution >= 4 is 43.5 Å². The maximum atomic E-state index is 13.7. The Morgan fingerprint density at radius 3 is 2.67 bits per heavy atom. The predicted molar refractivity (Wildman–Crippen MR) is 89.1 cm³/mol. The summed E-state index contributed by atoms with van der Waals surface area (Å²) in [6.07, 6.45) is 0. The predicted octanol–water partition coefficient (Wildman–Crippen LogP) is 5.72. The molecule has 2 nitrogen and oxygen atoms in total. The Kier molecular flexibility index (Phi) is 5.90. The van der Waals surface area contributed by atoms with Gasteiger partial charge in [-0.25, -0.2) is 4.39 Å². The number of halogens is 4. The van der Waals surface area contributed by atoms with Crippen LogP contribution in [0.5, 0.6) is 11.5 Å². The van der Waals surface area contributed by atoms with Crippen molar-refractivity contribution in [3.8, 4) is 11.5 Å². The third-order valence-electron chi connectivity index (χ3n) is 2.82. The molecule has 0 aromatic heterocycles. The molecule has 0 fully saturated rings. The first kappa shape index (κ1) is 16.6. The Morgan fingerprint density at radius 1 is 1.24 bits per heavy atom. The van der Waals surface area contributed by atoms with Crippen LogP contribution in [0.15, 0.2) is 34.8 Å². The van der Waals surface area contributed by atoms with Gasteiger partial charge in [0.25, 0.3) is 0 Å². The monoisotopic (exact) mass is 436 g/mol. The van der Waals surface area contributed by atoms with E-state index in [9.17, 15) is 4.39 Å². The molecule has 0 bridgehead atoms. The molecule has 2 aromatic rings. The lowest BCUT2D eigenvalue weighted by Gasteiger charge is -2.14. The van der Waals surface area contributed by atoms with Gasteiger partial charge in [-0.2, -0.15) is 0 Å². The van der Waals surface area contributed by atoms with Crippen molar-refractivity contribution in [1.29, 1.82) is 0 Å². The van der Waals surface area contributed by atoms with Gasteiger partial charge in [-0.3, -0.25) is 0 Å². The SMILES string of the molecule is COc1cc(CBr)cc(Cl)c1OCc1cc(Br)ccc1F. The van der Waals surface area contributed by atoms with E-state index in [-0.39, 0.29) is 12.4 Å². The van der Waals surface area contributed by atoms with Gasteiger partial charge >= 0.3 is 0 Å². The maximum absolute atomic E-state index is 13.7. The van der Waals surface area contributed by atoms with Gasteiger partial charge in [0.2, 0.25) is 0 Å². The third-order valence-corrected chi connectivity index (χ3v) is 4.24. The maximum Gasteiger partial charge on any atom is 0.180 e. The Bertz CT molecular complexity index is 650. The van der Waals surface area contributed by atoms with Gasteiger partial charge in [-0.1, -0.05) is 43.5 Å². The summed E-state index contributed by atoms with van der Waals surface area (Å²) in [5.74, 6) is 0.598. The zero-order valence-corrected chi connectivity index (χ0v) is 15.1. The first-order chi connectivity index (χ1) is 10.0. The fourth-order valence-electron chi connectivity index (χ4n) is 1.79. The molecule has 0 spiro atoms. The van der Waals surface area contributed by atoms with Crippen LogP contribution in [0.3, 0.4) is 0 Å². The summed E-state index contributed by atoms with van der Waals surface area (Å²) < 4.78 is 25.4. The molecule has 2 rings (SSSR count). The summed E-state index contributed by atoms with van der Waals surface area (Å²) in [5, 5.41) is 1.09. The summed E-state index contributed by atoms with van der Waals surface area (Å²) in [4.78, 5) is 0. The Labute approximate surface area is 144 Å². The van der Waals surface area contributed by atoms with E-state index < -0.39 is 0 Å². The number of hydrogen-bond donors (Lipinski definition) is 0. The molecule has 0 aliphatic rings. The molecule has 0 amide bonds. The van der Waals surface area contributed by atoms with Crippen molar-refractivity contribution < 1.29 is 13.9 Å². The lowest BCUT2D eigenvalue weighted by atomic mass is 10.2. The lowest BCUT2D eigenvalue weighted by Crippen LogP contribution is -2.01. The molecular weight excluding hydrogens is 426 g/mol. The average molecular weight is 439 g/mol. The van der Waals surface area contributed by atoms with E-state index in [0.717, 1.165) is 10.0 Å². The van der Waals surface area contributed by atoms with Crippen LogP contribution in [-0.4, -0.2) is 7.11 Å². The molecule has 0 heterocycles. The normalized spacial score (nSPS) is 10.5. The standard InChI is InChI=1S/C15H12Br2ClFO2/c1-20-14-5-9(7-16)4-12(18)15(14)21-8-10-6-11(17)2-3-13(10)19/h2-6H,7-8H2,1H3. The number of hydrogen-bond acceptors (Lipinski definition) is 2. The zero-order chi connectivity index (χ0) is 15.4. The first-order valence-corrected chi connectivity index (χ1v) is 8.33. The fourth-order valence-corrected chi connectivity index (χ4v) is 2.81. The minimum Gasteiger partial charge on any atom is -0.493 e. The van der Waals surface area contributed by atoms with Gasteiger partial charge in [-0.05, 0) is 35.9 Å². The van der Waals surface area contributed by atoms with Gasteiger partial charge in [0.15, 0.2) is 11.5 Å². The van der Waals surface area contributed by atoms with Crippen molar-refractivity contribution in [2.45, 2.75) is 11.9 Å². The number of benzene rings is 2. The zero-order valence-electron chi connectivity index (χ0n) is 11.1. The molecule has 0 aliphatic carbocycles. The van der Waals surface area contributed by atoms with E-state index >= 15 is 0 Å². The smallest absolute Gasteiger partial charge is 0.180 e. The molecular formula is C15H12Br2ClFO2. The molecule has 6 heteroatoms. The molecule has 112 valence electrons. The summed E-state index contributed by atoms with van der Waals surface area (Å²) in [6, 6.07) is 8.30. The summed E-state index contributed by atoms with van der Waals surface area (Å²) in [7, 11) is 1.54. The fraction of sp³-hybridized carbons (Fsp3) is 0.200. The highest BCUT2D eigenvalue weighted by atomic mass is 79.9. The van der Waals surface area contributed by atoms with Crippen LogP contribution in [0, 0.1) is 5.82 Å². The molecule has 21 heavy (non-hydrogen) atoms. The van der Waals surface area contributed by atoms with Crippen LogP contribution in [0.4, 0.5) is 4.39 Å². The van der Waals surface area contributed by atoms with E-state index in [2.05, 4.69) is 31.9 Å². The van der Waals surface area contributed by atoms with Crippen molar-refractivity contribution in [1.82, 2.24) is 0 Å². The Balaban J connectivity index is 2.25. The quantitative estimate of drug-likeness (QED) is 0.556. The second-order valence-electron chi connectivity index (χ2n) is 4.27. The molecule has 0 saturated heterocycles. The first-order valence-electron chi connectivity index (χ1n) is 6.04. The van der Waals surface area contributed by atoms with Crippen LogP contribution in [-0.2, 0) is 11.9 Å². The molecule has 0 N–H and O–H groups in total. The average Bonchev–Trinajstić information content (AvgIpc) is 2.48. The number of alkyl halides is 1. The molecule has 0 aliphatic heterocycles. The van der Waals surface area contributed by atoms with E-state index in [1.165, 1.54) is 13.2 Å². The highest BCUT2D eigenvalue weighted by molar-refractivity contribution is 9.10. The van der Waals surface area contributed by atoms with Gasteiger partial charge in [-0.15, -0.1) is 0 Å². The Hall–Kier alpha value is -0.780.